The molecule has 2 N–H and O–H groups in total. The summed E-state index contributed by atoms with van der Waals surface area (Å²) < 4.78 is 16.4. The third kappa shape index (κ3) is 7.73. The SMILES string of the molecule is CN=C(NCC(C)Oc1cccc(OC)c1)NCC1(CCOC)CCC1.I. The average Bonchev–Trinajstić information content (AvgIpc) is 2.63. The number of nitrogens with zero attached hydrogens (tertiary/aromatic N) is 1. The van der Waals surface area contributed by atoms with Crippen LogP contribution in [-0.2, 0) is 4.74 Å². The van der Waals surface area contributed by atoms with Crippen molar-refractivity contribution in [1.29, 1.82) is 0 Å². The van der Waals surface area contributed by atoms with Gasteiger partial charge in [0.15, 0.2) is 5.96 Å². The minimum absolute atomic E-state index is 0. The first-order chi connectivity index (χ1) is 12.6. The van der Waals surface area contributed by atoms with Gasteiger partial charge in [0.25, 0.3) is 0 Å². The molecule has 1 atom stereocenters. The number of hydrogen-bond acceptors (Lipinski definition) is 4. The summed E-state index contributed by atoms with van der Waals surface area (Å²) in [4.78, 5) is 4.32. The number of methoxy groups -OCH3 is 2. The van der Waals surface area contributed by atoms with Gasteiger partial charge < -0.3 is 24.8 Å². The summed E-state index contributed by atoms with van der Waals surface area (Å²) in [6, 6.07) is 7.65. The van der Waals surface area contributed by atoms with Gasteiger partial charge in [0.05, 0.1) is 13.7 Å². The summed E-state index contributed by atoms with van der Waals surface area (Å²) in [5.74, 6) is 2.41. The van der Waals surface area contributed by atoms with E-state index in [1.807, 2.05) is 31.2 Å². The molecule has 0 amide bonds. The molecule has 1 unspecified atom stereocenters. The Kier molecular flexibility index (Phi) is 10.8. The van der Waals surface area contributed by atoms with Crippen LogP contribution in [0.5, 0.6) is 11.5 Å². The van der Waals surface area contributed by atoms with Crippen LogP contribution >= 0.6 is 24.0 Å². The highest BCUT2D eigenvalue weighted by atomic mass is 127. The fraction of sp³-hybridized carbons (Fsp3) is 0.650. The van der Waals surface area contributed by atoms with Crippen molar-refractivity contribution in [2.75, 3.05) is 41.0 Å². The molecule has 7 heteroatoms. The van der Waals surface area contributed by atoms with Crippen molar-refractivity contribution in [3.63, 3.8) is 0 Å². The minimum Gasteiger partial charge on any atom is -0.497 e. The third-order valence-corrected chi connectivity index (χ3v) is 5.04. The number of benzene rings is 1. The fourth-order valence-electron chi connectivity index (χ4n) is 3.19. The molecule has 0 spiro atoms. The van der Waals surface area contributed by atoms with Gasteiger partial charge >= 0.3 is 0 Å². The van der Waals surface area contributed by atoms with Gasteiger partial charge in [-0.2, -0.15) is 0 Å². The molecule has 27 heavy (non-hydrogen) atoms. The van der Waals surface area contributed by atoms with Gasteiger partial charge in [0.2, 0.25) is 0 Å². The van der Waals surface area contributed by atoms with Crippen molar-refractivity contribution in [2.45, 2.75) is 38.7 Å². The molecule has 2 rings (SSSR count). The van der Waals surface area contributed by atoms with Gasteiger partial charge in [0.1, 0.15) is 17.6 Å². The van der Waals surface area contributed by atoms with E-state index in [2.05, 4.69) is 15.6 Å². The van der Waals surface area contributed by atoms with Crippen LogP contribution in [0.3, 0.4) is 0 Å². The zero-order chi connectivity index (χ0) is 18.8. The van der Waals surface area contributed by atoms with Crippen LogP contribution in [0.25, 0.3) is 0 Å². The fourth-order valence-corrected chi connectivity index (χ4v) is 3.19. The van der Waals surface area contributed by atoms with Gasteiger partial charge in [-0.15, -0.1) is 24.0 Å². The lowest BCUT2D eigenvalue weighted by molar-refractivity contribution is 0.0732. The Hall–Kier alpha value is -1.22. The molecular formula is C20H34IN3O3. The van der Waals surface area contributed by atoms with Crippen molar-refractivity contribution < 1.29 is 14.2 Å². The number of rotatable bonds is 10. The molecule has 0 bridgehead atoms. The Morgan fingerprint density at radius 3 is 2.56 bits per heavy atom. The van der Waals surface area contributed by atoms with E-state index >= 15 is 0 Å². The predicted molar refractivity (Wildman–Crippen MR) is 121 cm³/mol. The summed E-state index contributed by atoms with van der Waals surface area (Å²) in [5, 5.41) is 6.81. The average molecular weight is 491 g/mol. The van der Waals surface area contributed by atoms with Crippen molar-refractivity contribution in [1.82, 2.24) is 10.6 Å². The second kappa shape index (κ2) is 12.3. The lowest BCUT2D eigenvalue weighted by atomic mass is 9.67. The Bertz CT molecular complexity index is 579. The molecule has 1 fully saturated rings. The van der Waals surface area contributed by atoms with Gasteiger partial charge in [-0.3, -0.25) is 4.99 Å². The van der Waals surface area contributed by atoms with E-state index in [0.717, 1.165) is 37.0 Å². The van der Waals surface area contributed by atoms with Gasteiger partial charge in [-0.1, -0.05) is 12.5 Å². The highest BCUT2D eigenvalue weighted by molar-refractivity contribution is 14.0. The zero-order valence-electron chi connectivity index (χ0n) is 16.9. The molecule has 1 aromatic carbocycles. The number of nitrogens with one attached hydrogen (secondary N) is 2. The van der Waals surface area contributed by atoms with Crippen molar-refractivity contribution in [2.24, 2.45) is 10.4 Å². The summed E-state index contributed by atoms with van der Waals surface area (Å²) in [6.45, 7) is 4.45. The molecule has 154 valence electrons. The molecular weight excluding hydrogens is 457 g/mol. The molecule has 1 aliphatic rings. The summed E-state index contributed by atoms with van der Waals surface area (Å²) in [5.41, 5.74) is 0.357. The molecule has 0 heterocycles. The van der Waals surface area contributed by atoms with E-state index in [1.54, 1.807) is 21.3 Å². The standard InChI is InChI=1S/C20H33N3O3.HI/c1-16(26-18-8-5-7-17(13-18)25-4)14-22-19(21-2)23-15-20(9-6-10-20)11-12-24-3;/h5,7-8,13,16H,6,9-12,14-15H2,1-4H3,(H2,21,22,23);1H. The lowest BCUT2D eigenvalue weighted by Gasteiger charge is -2.42. The van der Waals surface area contributed by atoms with Crippen LogP contribution in [-0.4, -0.2) is 53.0 Å². The van der Waals surface area contributed by atoms with Crippen LogP contribution in [0.15, 0.2) is 29.3 Å². The van der Waals surface area contributed by atoms with E-state index in [4.69, 9.17) is 14.2 Å². The summed E-state index contributed by atoms with van der Waals surface area (Å²) >= 11 is 0. The quantitative estimate of drug-likeness (QED) is 0.298. The smallest absolute Gasteiger partial charge is 0.191 e. The molecule has 0 radical (unpaired) electrons. The second-order valence-electron chi connectivity index (χ2n) is 7.01. The maximum Gasteiger partial charge on any atom is 0.191 e. The maximum atomic E-state index is 5.94. The first kappa shape index (κ1) is 23.8. The third-order valence-electron chi connectivity index (χ3n) is 5.04. The second-order valence-corrected chi connectivity index (χ2v) is 7.01. The number of guanidine groups is 1. The van der Waals surface area contributed by atoms with Crippen LogP contribution in [0.1, 0.15) is 32.6 Å². The Morgan fingerprint density at radius 2 is 1.96 bits per heavy atom. The van der Waals surface area contributed by atoms with Gasteiger partial charge in [-0.25, -0.2) is 0 Å². The normalized spacial score (nSPS) is 16.5. The van der Waals surface area contributed by atoms with Crippen molar-refractivity contribution in [3.8, 4) is 11.5 Å². The van der Waals surface area contributed by atoms with Crippen molar-refractivity contribution in [3.05, 3.63) is 24.3 Å². The molecule has 1 aliphatic carbocycles. The number of hydrogen-bond donors (Lipinski definition) is 2. The van der Waals surface area contributed by atoms with E-state index < -0.39 is 0 Å². The summed E-state index contributed by atoms with van der Waals surface area (Å²) in [6.07, 6.45) is 4.93. The number of halogens is 1. The highest BCUT2D eigenvalue weighted by Crippen LogP contribution is 2.43. The van der Waals surface area contributed by atoms with Gasteiger partial charge in [-0.05, 0) is 43.7 Å². The van der Waals surface area contributed by atoms with Gasteiger partial charge in [0, 0.05) is 33.4 Å². The molecule has 0 aromatic heterocycles. The maximum absolute atomic E-state index is 5.94. The molecule has 1 aromatic rings. The van der Waals surface area contributed by atoms with E-state index in [0.29, 0.717) is 12.0 Å². The van der Waals surface area contributed by atoms with E-state index in [-0.39, 0.29) is 30.1 Å². The van der Waals surface area contributed by atoms with E-state index in [9.17, 15) is 0 Å². The Morgan fingerprint density at radius 1 is 1.22 bits per heavy atom. The van der Waals surface area contributed by atoms with Crippen LogP contribution in [0.4, 0.5) is 0 Å². The first-order valence-electron chi connectivity index (χ1n) is 9.35. The Labute approximate surface area is 180 Å². The van der Waals surface area contributed by atoms with Crippen LogP contribution in [0, 0.1) is 5.41 Å². The number of ether oxygens (including phenoxy) is 3. The summed E-state index contributed by atoms with van der Waals surface area (Å²) in [7, 11) is 5.22. The molecule has 1 saturated carbocycles. The van der Waals surface area contributed by atoms with Crippen molar-refractivity contribution >= 4 is 29.9 Å². The molecule has 6 nitrogen and oxygen atoms in total. The minimum atomic E-state index is 0. The molecule has 0 saturated heterocycles. The number of aliphatic imine (C=N–C) groups is 1. The Balaban J connectivity index is 0.00000364. The first-order valence-corrected chi connectivity index (χ1v) is 9.35. The zero-order valence-corrected chi connectivity index (χ0v) is 19.2. The lowest BCUT2D eigenvalue weighted by Crippen LogP contribution is -2.48. The highest BCUT2D eigenvalue weighted by Gasteiger charge is 2.36. The van der Waals surface area contributed by atoms with Crippen LogP contribution < -0.4 is 20.1 Å². The monoisotopic (exact) mass is 491 g/mol. The largest absolute Gasteiger partial charge is 0.497 e. The van der Waals surface area contributed by atoms with E-state index in [1.165, 1.54) is 19.3 Å². The predicted octanol–water partition coefficient (Wildman–Crippen LogP) is 3.45. The van der Waals surface area contributed by atoms with Crippen LogP contribution in [0.2, 0.25) is 0 Å². The topological polar surface area (TPSA) is 64.1 Å². The molecule has 0 aliphatic heterocycles.